The van der Waals surface area contributed by atoms with Gasteiger partial charge in [0.1, 0.15) is 0 Å². The molecule has 2 nitrogen and oxygen atoms in total. The first-order chi connectivity index (χ1) is 6.90. The van der Waals surface area contributed by atoms with Gasteiger partial charge in [0.2, 0.25) is 0 Å². The molecule has 0 radical (unpaired) electrons. The summed E-state index contributed by atoms with van der Waals surface area (Å²) in [6.07, 6.45) is 4.48. The van der Waals surface area contributed by atoms with Crippen molar-refractivity contribution >= 4 is 0 Å². The van der Waals surface area contributed by atoms with Crippen molar-refractivity contribution < 1.29 is 0 Å². The average molecular weight is 182 g/mol. The summed E-state index contributed by atoms with van der Waals surface area (Å²) in [7, 11) is 0. The van der Waals surface area contributed by atoms with E-state index in [-0.39, 0.29) is 0 Å². The van der Waals surface area contributed by atoms with Gasteiger partial charge in [0.15, 0.2) is 0 Å². The molecular formula is C12H10N2. The summed E-state index contributed by atoms with van der Waals surface area (Å²) in [5, 5.41) is 8.52. The molecule has 2 heteroatoms. The minimum Gasteiger partial charge on any atom is -0.324 e. The third kappa shape index (κ3) is 1.67. The molecule has 0 saturated heterocycles. The summed E-state index contributed by atoms with van der Waals surface area (Å²) in [6, 6.07) is 14.1. The van der Waals surface area contributed by atoms with Crippen LogP contribution in [0.1, 0.15) is 5.56 Å². The van der Waals surface area contributed by atoms with E-state index in [1.54, 1.807) is 0 Å². The lowest BCUT2D eigenvalue weighted by molar-refractivity contribution is 1.07. The van der Waals surface area contributed by atoms with E-state index in [0.29, 0.717) is 6.42 Å². The SMILES string of the molecule is N#CCc1ccc(-n2cccc2)cc1. The summed E-state index contributed by atoms with van der Waals surface area (Å²) >= 11 is 0. The van der Waals surface area contributed by atoms with Crippen molar-refractivity contribution in [3.05, 3.63) is 54.4 Å². The number of rotatable bonds is 2. The normalized spacial score (nSPS) is 9.64. The largest absolute Gasteiger partial charge is 0.324 e. The van der Waals surface area contributed by atoms with Gasteiger partial charge in [-0.25, -0.2) is 0 Å². The number of aromatic nitrogens is 1. The van der Waals surface area contributed by atoms with Crippen molar-refractivity contribution in [3.8, 4) is 11.8 Å². The maximum Gasteiger partial charge on any atom is 0.0669 e. The lowest BCUT2D eigenvalue weighted by Gasteiger charge is -2.02. The Bertz CT molecular complexity index is 432. The van der Waals surface area contributed by atoms with Crippen molar-refractivity contribution in [2.45, 2.75) is 6.42 Å². The highest BCUT2D eigenvalue weighted by molar-refractivity contribution is 5.35. The predicted octanol–water partition coefficient (Wildman–Crippen LogP) is 2.54. The van der Waals surface area contributed by atoms with E-state index in [1.807, 2.05) is 53.4 Å². The highest BCUT2D eigenvalue weighted by Gasteiger charge is 1.94. The van der Waals surface area contributed by atoms with E-state index in [1.165, 1.54) is 0 Å². The van der Waals surface area contributed by atoms with Crippen LogP contribution in [-0.4, -0.2) is 4.57 Å². The van der Waals surface area contributed by atoms with Crippen molar-refractivity contribution in [3.63, 3.8) is 0 Å². The van der Waals surface area contributed by atoms with Crippen LogP contribution in [0, 0.1) is 11.3 Å². The summed E-state index contributed by atoms with van der Waals surface area (Å²) < 4.78 is 2.04. The first kappa shape index (κ1) is 8.58. The lowest BCUT2D eigenvalue weighted by atomic mass is 10.1. The molecule has 0 atom stereocenters. The van der Waals surface area contributed by atoms with E-state index in [9.17, 15) is 0 Å². The molecule has 0 fully saturated rings. The number of hydrogen-bond acceptors (Lipinski definition) is 1. The zero-order valence-corrected chi connectivity index (χ0v) is 7.72. The van der Waals surface area contributed by atoms with Gasteiger partial charge in [-0.15, -0.1) is 0 Å². The fourth-order valence-electron chi connectivity index (χ4n) is 1.38. The van der Waals surface area contributed by atoms with Gasteiger partial charge >= 0.3 is 0 Å². The monoisotopic (exact) mass is 182 g/mol. The highest BCUT2D eigenvalue weighted by atomic mass is 14.9. The van der Waals surface area contributed by atoms with E-state index in [4.69, 9.17) is 5.26 Å². The average Bonchev–Trinajstić information content (AvgIpc) is 2.72. The lowest BCUT2D eigenvalue weighted by Crippen LogP contribution is -1.89. The molecule has 1 aromatic heterocycles. The second-order valence-corrected chi connectivity index (χ2v) is 3.09. The van der Waals surface area contributed by atoms with Crippen LogP contribution in [0.15, 0.2) is 48.8 Å². The molecule has 0 saturated carbocycles. The molecule has 0 aliphatic rings. The van der Waals surface area contributed by atoms with Gasteiger partial charge in [0.05, 0.1) is 12.5 Å². The van der Waals surface area contributed by atoms with Crippen molar-refractivity contribution in [1.82, 2.24) is 4.57 Å². The number of benzene rings is 1. The third-order valence-corrected chi connectivity index (χ3v) is 2.12. The maximum absolute atomic E-state index is 8.52. The Kier molecular flexibility index (Phi) is 2.33. The van der Waals surface area contributed by atoms with Gasteiger partial charge in [0.25, 0.3) is 0 Å². The molecule has 0 unspecified atom stereocenters. The number of nitrogens with zero attached hydrogens (tertiary/aromatic N) is 2. The molecule has 2 aromatic rings. The Balaban J connectivity index is 2.27. The van der Waals surface area contributed by atoms with Crippen LogP contribution in [0.5, 0.6) is 0 Å². The standard InChI is InChI=1S/C12H10N2/c13-8-7-11-3-5-12(6-4-11)14-9-1-2-10-14/h1-6,9-10H,7H2. The van der Waals surface area contributed by atoms with E-state index in [0.717, 1.165) is 11.3 Å². The fraction of sp³-hybridized carbons (Fsp3) is 0.0833. The molecule has 0 bridgehead atoms. The van der Waals surface area contributed by atoms with E-state index >= 15 is 0 Å². The van der Waals surface area contributed by atoms with Crippen LogP contribution in [0.25, 0.3) is 5.69 Å². The van der Waals surface area contributed by atoms with Gasteiger partial charge in [-0.1, -0.05) is 12.1 Å². The van der Waals surface area contributed by atoms with Gasteiger partial charge in [-0.3, -0.25) is 0 Å². The molecule has 1 aromatic carbocycles. The van der Waals surface area contributed by atoms with Gasteiger partial charge < -0.3 is 4.57 Å². The number of nitriles is 1. The van der Waals surface area contributed by atoms with E-state index < -0.39 is 0 Å². The second kappa shape index (κ2) is 3.80. The summed E-state index contributed by atoms with van der Waals surface area (Å²) in [5.74, 6) is 0. The number of hydrogen-bond donors (Lipinski definition) is 0. The zero-order valence-electron chi connectivity index (χ0n) is 7.72. The van der Waals surface area contributed by atoms with Gasteiger partial charge in [-0.2, -0.15) is 5.26 Å². The zero-order chi connectivity index (χ0) is 9.80. The molecule has 0 aliphatic carbocycles. The van der Waals surface area contributed by atoms with E-state index in [2.05, 4.69) is 6.07 Å². The van der Waals surface area contributed by atoms with Crippen LogP contribution in [0.4, 0.5) is 0 Å². The van der Waals surface area contributed by atoms with Gasteiger partial charge in [-0.05, 0) is 29.8 Å². The molecule has 2 rings (SSSR count). The van der Waals surface area contributed by atoms with Crippen LogP contribution in [0.2, 0.25) is 0 Å². The Morgan fingerprint density at radius 3 is 2.29 bits per heavy atom. The topological polar surface area (TPSA) is 28.7 Å². The van der Waals surface area contributed by atoms with Crippen molar-refractivity contribution in [1.29, 1.82) is 5.26 Å². The first-order valence-electron chi connectivity index (χ1n) is 4.49. The first-order valence-corrected chi connectivity index (χ1v) is 4.49. The van der Waals surface area contributed by atoms with Crippen molar-refractivity contribution in [2.24, 2.45) is 0 Å². The third-order valence-electron chi connectivity index (χ3n) is 2.12. The second-order valence-electron chi connectivity index (χ2n) is 3.09. The molecule has 0 aliphatic heterocycles. The molecule has 14 heavy (non-hydrogen) atoms. The molecular weight excluding hydrogens is 172 g/mol. The Morgan fingerprint density at radius 2 is 1.71 bits per heavy atom. The van der Waals surface area contributed by atoms with Crippen LogP contribution < -0.4 is 0 Å². The highest BCUT2D eigenvalue weighted by Crippen LogP contribution is 2.09. The molecule has 0 amide bonds. The summed E-state index contributed by atoms with van der Waals surface area (Å²) in [4.78, 5) is 0. The van der Waals surface area contributed by atoms with Crippen LogP contribution in [0.3, 0.4) is 0 Å². The molecule has 68 valence electrons. The molecule has 1 heterocycles. The van der Waals surface area contributed by atoms with Gasteiger partial charge in [0, 0.05) is 18.1 Å². The smallest absolute Gasteiger partial charge is 0.0669 e. The van der Waals surface area contributed by atoms with Crippen LogP contribution >= 0.6 is 0 Å². The maximum atomic E-state index is 8.52. The van der Waals surface area contributed by atoms with Crippen molar-refractivity contribution in [2.75, 3.05) is 0 Å². The Labute approximate surface area is 83.0 Å². The fourth-order valence-corrected chi connectivity index (χ4v) is 1.38. The molecule has 0 N–H and O–H groups in total. The quantitative estimate of drug-likeness (QED) is 0.701. The van der Waals surface area contributed by atoms with Crippen LogP contribution in [-0.2, 0) is 6.42 Å². The minimum atomic E-state index is 0.478. The Morgan fingerprint density at radius 1 is 1.07 bits per heavy atom. The Hall–Kier alpha value is -2.01. The predicted molar refractivity (Wildman–Crippen MR) is 55.1 cm³/mol. The summed E-state index contributed by atoms with van der Waals surface area (Å²) in [6.45, 7) is 0. The molecule has 0 spiro atoms. The minimum absolute atomic E-state index is 0.478. The summed E-state index contributed by atoms with van der Waals surface area (Å²) in [5.41, 5.74) is 2.18.